The number of hydrogen-bond donors (Lipinski definition) is 0. The first-order valence-electron chi connectivity index (χ1n) is 4.43. The minimum atomic E-state index is 1.30. The van der Waals surface area contributed by atoms with E-state index >= 15 is 0 Å². The molecule has 0 heterocycles. The van der Waals surface area contributed by atoms with E-state index in [0.717, 1.165) is 0 Å². The molecule has 0 N–H and O–H groups in total. The highest BCUT2D eigenvalue weighted by Crippen LogP contribution is 2.22. The summed E-state index contributed by atoms with van der Waals surface area (Å²) >= 11 is 0. The molecule has 1 aliphatic rings. The van der Waals surface area contributed by atoms with Gasteiger partial charge in [-0.05, 0) is 37.8 Å². The Morgan fingerprint density at radius 3 is 2.17 bits per heavy atom. The van der Waals surface area contributed by atoms with Crippen LogP contribution in [0.5, 0.6) is 0 Å². The molecule has 1 aromatic rings. The van der Waals surface area contributed by atoms with Gasteiger partial charge in [-0.2, -0.15) is 0 Å². The van der Waals surface area contributed by atoms with Crippen molar-refractivity contribution in [1.82, 2.24) is 0 Å². The van der Waals surface area contributed by atoms with Crippen LogP contribution in [0, 0.1) is 6.92 Å². The Balaban J connectivity index is 0.000000213. The van der Waals surface area contributed by atoms with E-state index in [9.17, 15) is 0 Å². The zero-order valence-corrected chi connectivity index (χ0v) is 7.93. The summed E-state index contributed by atoms with van der Waals surface area (Å²) in [6.45, 7) is 7.40. The van der Waals surface area contributed by atoms with Crippen molar-refractivity contribution in [1.29, 1.82) is 0 Å². The molecular weight excluding hydrogens is 144 g/mol. The van der Waals surface area contributed by atoms with Gasteiger partial charge in [0.2, 0.25) is 0 Å². The van der Waals surface area contributed by atoms with Crippen LogP contribution in [0.15, 0.2) is 30.9 Å². The number of allylic oxidation sites excluding steroid dienone is 1. The number of hydrogen-bond acceptors (Lipinski definition) is 0. The summed E-state index contributed by atoms with van der Waals surface area (Å²) in [7, 11) is 0. The molecule has 0 saturated carbocycles. The van der Waals surface area contributed by atoms with Gasteiger partial charge in [0.1, 0.15) is 0 Å². The van der Waals surface area contributed by atoms with Crippen LogP contribution in [-0.2, 0) is 12.8 Å². The molecule has 0 atom stereocenters. The SMILES string of the molecule is C=CC.Cc1ccc2c(c1)CC2. The maximum Gasteiger partial charge on any atom is -0.0235 e. The Hall–Kier alpha value is -1.04. The smallest absolute Gasteiger partial charge is 0.0235 e. The van der Waals surface area contributed by atoms with E-state index < -0.39 is 0 Å². The van der Waals surface area contributed by atoms with Crippen molar-refractivity contribution in [2.75, 3.05) is 0 Å². The average molecular weight is 160 g/mol. The topological polar surface area (TPSA) is 0 Å². The quantitative estimate of drug-likeness (QED) is 0.511. The lowest BCUT2D eigenvalue weighted by Gasteiger charge is -2.18. The molecule has 1 aromatic carbocycles. The minimum Gasteiger partial charge on any atom is -0.103 e. The molecular formula is C12H16. The molecule has 0 bridgehead atoms. The molecule has 0 heteroatoms. The molecule has 0 aromatic heterocycles. The third-order valence-electron chi connectivity index (χ3n) is 2.03. The molecule has 0 amide bonds. The van der Waals surface area contributed by atoms with Crippen molar-refractivity contribution in [2.24, 2.45) is 0 Å². The Kier molecular flexibility index (Phi) is 3.09. The predicted octanol–water partition coefficient (Wildman–Crippen LogP) is 3.29. The fraction of sp³-hybridized carbons (Fsp3) is 0.333. The number of benzene rings is 1. The van der Waals surface area contributed by atoms with E-state index in [1.54, 1.807) is 17.2 Å². The lowest BCUT2D eigenvalue weighted by molar-refractivity contribution is 0.837. The maximum absolute atomic E-state index is 3.36. The third kappa shape index (κ3) is 1.97. The fourth-order valence-corrected chi connectivity index (χ4v) is 1.32. The van der Waals surface area contributed by atoms with Crippen molar-refractivity contribution in [3.63, 3.8) is 0 Å². The largest absolute Gasteiger partial charge is 0.103 e. The molecule has 0 fully saturated rings. The van der Waals surface area contributed by atoms with Gasteiger partial charge < -0.3 is 0 Å². The summed E-state index contributed by atoms with van der Waals surface area (Å²) in [4.78, 5) is 0. The maximum atomic E-state index is 3.36. The van der Waals surface area contributed by atoms with Gasteiger partial charge in [-0.1, -0.05) is 29.8 Å². The summed E-state index contributed by atoms with van der Waals surface area (Å²) in [5.74, 6) is 0. The van der Waals surface area contributed by atoms with Crippen LogP contribution >= 0.6 is 0 Å². The van der Waals surface area contributed by atoms with E-state index in [1.165, 1.54) is 18.4 Å². The fourth-order valence-electron chi connectivity index (χ4n) is 1.32. The second-order valence-electron chi connectivity index (χ2n) is 3.18. The summed E-state index contributed by atoms with van der Waals surface area (Å²) in [5, 5.41) is 0. The van der Waals surface area contributed by atoms with E-state index in [4.69, 9.17) is 0 Å². The zero-order chi connectivity index (χ0) is 8.97. The van der Waals surface area contributed by atoms with Crippen LogP contribution in [0.4, 0.5) is 0 Å². The van der Waals surface area contributed by atoms with Crippen molar-refractivity contribution in [2.45, 2.75) is 26.7 Å². The monoisotopic (exact) mass is 160 g/mol. The minimum absolute atomic E-state index is 1.30. The van der Waals surface area contributed by atoms with Gasteiger partial charge in [0.15, 0.2) is 0 Å². The summed E-state index contributed by atoms with van der Waals surface area (Å²) < 4.78 is 0. The van der Waals surface area contributed by atoms with Gasteiger partial charge in [0, 0.05) is 0 Å². The van der Waals surface area contributed by atoms with E-state index in [-0.39, 0.29) is 0 Å². The Bertz CT molecular complexity index is 271. The van der Waals surface area contributed by atoms with Crippen molar-refractivity contribution >= 4 is 0 Å². The molecule has 0 unspecified atom stereocenters. The second kappa shape index (κ2) is 4.10. The van der Waals surface area contributed by atoms with Crippen molar-refractivity contribution in [3.05, 3.63) is 47.5 Å². The van der Waals surface area contributed by atoms with E-state index in [2.05, 4.69) is 31.7 Å². The van der Waals surface area contributed by atoms with Crippen molar-refractivity contribution < 1.29 is 0 Å². The summed E-state index contributed by atoms with van der Waals surface area (Å²) in [6.07, 6.45) is 4.35. The van der Waals surface area contributed by atoms with Gasteiger partial charge in [-0.25, -0.2) is 0 Å². The van der Waals surface area contributed by atoms with Crippen LogP contribution in [0.3, 0.4) is 0 Å². The Labute approximate surface area is 74.9 Å². The van der Waals surface area contributed by atoms with Gasteiger partial charge >= 0.3 is 0 Å². The molecule has 0 radical (unpaired) electrons. The first kappa shape index (κ1) is 9.05. The molecule has 64 valence electrons. The van der Waals surface area contributed by atoms with Crippen LogP contribution in [-0.4, -0.2) is 0 Å². The molecule has 0 saturated heterocycles. The van der Waals surface area contributed by atoms with Crippen LogP contribution in [0.1, 0.15) is 23.6 Å². The normalized spacial score (nSPS) is 11.8. The first-order chi connectivity index (χ1) is 5.77. The van der Waals surface area contributed by atoms with Crippen LogP contribution < -0.4 is 0 Å². The highest BCUT2D eigenvalue weighted by molar-refractivity contribution is 5.37. The molecule has 2 rings (SSSR count). The van der Waals surface area contributed by atoms with E-state index in [0.29, 0.717) is 0 Å². The summed E-state index contributed by atoms with van der Waals surface area (Å²) in [6, 6.07) is 6.73. The number of fused-ring (bicyclic) bond motifs is 1. The average Bonchev–Trinajstić information content (AvgIpc) is 1.98. The Morgan fingerprint density at radius 1 is 1.25 bits per heavy atom. The standard InChI is InChI=1S/C9H10.C3H6/c1-7-2-3-8-4-5-9(8)6-7;1-3-2/h2-3,6H,4-5H2,1H3;3H,1H2,2H3. The van der Waals surface area contributed by atoms with Crippen molar-refractivity contribution in [3.8, 4) is 0 Å². The first-order valence-corrected chi connectivity index (χ1v) is 4.43. The highest BCUT2D eigenvalue weighted by Gasteiger charge is 2.10. The van der Waals surface area contributed by atoms with Crippen LogP contribution in [0.2, 0.25) is 0 Å². The van der Waals surface area contributed by atoms with E-state index in [1.807, 2.05) is 6.92 Å². The third-order valence-corrected chi connectivity index (χ3v) is 2.03. The zero-order valence-electron chi connectivity index (χ0n) is 7.93. The summed E-state index contributed by atoms with van der Waals surface area (Å²) in [5.41, 5.74) is 4.52. The molecule has 0 spiro atoms. The molecule has 0 nitrogen and oxygen atoms in total. The van der Waals surface area contributed by atoms with Gasteiger partial charge in [-0.3, -0.25) is 0 Å². The van der Waals surface area contributed by atoms with Gasteiger partial charge in [0.05, 0.1) is 0 Å². The Morgan fingerprint density at radius 2 is 1.83 bits per heavy atom. The molecule has 12 heavy (non-hydrogen) atoms. The molecule has 1 aliphatic carbocycles. The van der Waals surface area contributed by atoms with Crippen LogP contribution in [0.25, 0.3) is 0 Å². The highest BCUT2D eigenvalue weighted by atomic mass is 14.2. The van der Waals surface area contributed by atoms with Gasteiger partial charge in [0.25, 0.3) is 0 Å². The second-order valence-corrected chi connectivity index (χ2v) is 3.18. The lowest BCUT2D eigenvalue weighted by Crippen LogP contribution is -2.07. The lowest BCUT2D eigenvalue weighted by atomic mass is 9.88. The predicted molar refractivity (Wildman–Crippen MR) is 54.5 cm³/mol. The molecule has 0 aliphatic heterocycles. The number of aryl methyl sites for hydroxylation is 3. The van der Waals surface area contributed by atoms with Gasteiger partial charge in [-0.15, -0.1) is 6.58 Å². The number of rotatable bonds is 0.